The first-order chi connectivity index (χ1) is 13.3. The molecule has 0 saturated heterocycles. The molecule has 2 aromatic rings. The van der Waals surface area contributed by atoms with Crippen LogP contribution in [-0.4, -0.2) is 30.0 Å². The van der Waals surface area contributed by atoms with Crippen LogP contribution in [0.3, 0.4) is 0 Å². The van der Waals surface area contributed by atoms with Crippen molar-refractivity contribution in [2.45, 2.75) is 25.6 Å². The van der Waals surface area contributed by atoms with E-state index in [9.17, 15) is 19.2 Å². The van der Waals surface area contributed by atoms with Gasteiger partial charge in [0.2, 0.25) is 0 Å². The van der Waals surface area contributed by atoms with E-state index in [0.29, 0.717) is 17.5 Å². The Morgan fingerprint density at radius 3 is 2.57 bits per heavy atom. The number of benzene rings is 2. The molecule has 28 heavy (non-hydrogen) atoms. The highest BCUT2D eigenvalue weighted by molar-refractivity contribution is 5.99. The fourth-order valence-corrected chi connectivity index (χ4v) is 2.88. The molecule has 2 aromatic carbocycles. The third-order valence-electron chi connectivity index (χ3n) is 4.29. The van der Waals surface area contributed by atoms with Gasteiger partial charge >= 0.3 is 18.0 Å². The van der Waals surface area contributed by atoms with E-state index in [4.69, 9.17) is 15.2 Å². The number of carbonyl (C=O) groups is 4. The molecule has 1 aliphatic heterocycles. The number of rotatable bonds is 4. The number of amides is 3. The monoisotopic (exact) mass is 382 g/mol. The largest absolute Gasteiger partial charge is 0.454 e. The van der Waals surface area contributed by atoms with Crippen molar-refractivity contribution in [3.63, 3.8) is 0 Å². The maximum atomic E-state index is 12.3. The zero-order valence-electron chi connectivity index (χ0n) is 15.0. The van der Waals surface area contributed by atoms with Crippen LogP contribution in [0.4, 0.5) is 4.79 Å². The van der Waals surface area contributed by atoms with E-state index in [1.807, 2.05) is 35.6 Å². The Bertz CT molecular complexity index is 941. The molecule has 3 amide bonds. The summed E-state index contributed by atoms with van der Waals surface area (Å²) in [6.07, 6.45) is -1.25. The van der Waals surface area contributed by atoms with Gasteiger partial charge in [0.1, 0.15) is 6.10 Å². The first-order valence-electron chi connectivity index (χ1n) is 8.55. The highest BCUT2D eigenvalue weighted by Crippen LogP contribution is 2.31. The molecule has 2 atom stereocenters. The van der Waals surface area contributed by atoms with Gasteiger partial charge < -0.3 is 15.2 Å². The third kappa shape index (κ3) is 4.17. The summed E-state index contributed by atoms with van der Waals surface area (Å²) in [5, 5.41) is 1.84. The van der Waals surface area contributed by atoms with E-state index in [2.05, 4.69) is 0 Å². The normalized spacial score (nSPS) is 16.3. The van der Waals surface area contributed by atoms with Crippen molar-refractivity contribution in [2.24, 2.45) is 5.73 Å². The minimum absolute atomic E-state index is 0.180. The van der Waals surface area contributed by atoms with Crippen molar-refractivity contribution in [1.29, 1.82) is 0 Å². The summed E-state index contributed by atoms with van der Waals surface area (Å²) in [5.74, 6) is -2.05. The standard InChI is InChI=1S/C20H18N2O6/c1-11(17(23)22-20(21)26)27-18(24)13-7-8-15-14(9-13)10-16(28-19(15)25)12-5-3-2-4-6-12/h2-9,11,16H,10H2,1H3,(H3,21,22,23,26). The minimum Gasteiger partial charge on any atom is -0.454 e. The van der Waals surface area contributed by atoms with E-state index in [-0.39, 0.29) is 5.56 Å². The van der Waals surface area contributed by atoms with Crippen molar-refractivity contribution in [3.05, 3.63) is 70.8 Å². The van der Waals surface area contributed by atoms with Gasteiger partial charge in [-0.25, -0.2) is 14.4 Å². The summed E-state index contributed by atoms with van der Waals surface area (Å²) < 4.78 is 10.5. The highest BCUT2D eigenvalue weighted by Gasteiger charge is 2.29. The molecular weight excluding hydrogens is 364 g/mol. The van der Waals surface area contributed by atoms with Gasteiger partial charge in [0, 0.05) is 6.42 Å². The van der Waals surface area contributed by atoms with Crippen molar-refractivity contribution >= 4 is 23.9 Å². The summed E-state index contributed by atoms with van der Waals surface area (Å²) in [5.41, 5.74) is 6.93. The fourth-order valence-electron chi connectivity index (χ4n) is 2.88. The van der Waals surface area contributed by atoms with E-state index in [1.54, 1.807) is 6.07 Å². The van der Waals surface area contributed by atoms with Crippen LogP contribution in [0.1, 0.15) is 44.9 Å². The maximum Gasteiger partial charge on any atom is 0.339 e. The third-order valence-corrected chi connectivity index (χ3v) is 4.29. The Morgan fingerprint density at radius 2 is 1.89 bits per heavy atom. The second kappa shape index (κ2) is 7.91. The maximum absolute atomic E-state index is 12.3. The predicted octanol–water partition coefficient (Wildman–Crippen LogP) is 1.88. The van der Waals surface area contributed by atoms with Gasteiger partial charge in [-0.15, -0.1) is 0 Å². The second-order valence-electron chi connectivity index (χ2n) is 6.28. The molecule has 0 fully saturated rings. The molecule has 2 unspecified atom stereocenters. The highest BCUT2D eigenvalue weighted by atomic mass is 16.6. The SMILES string of the molecule is CC(OC(=O)c1ccc2c(c1)CC(c1ccccc1)OC2=O)C(=O)NC(N)=O. The number of ether oxygens (including phenoxy) is 2. The Balaban J connectivity index is 1.77. The van der Waals surface area contributed by atoms with Gasteiger partial charge in [-0.3, -0.25) is 10.1 Å². The first-order valence-corrected chi connectivity index (χ1v) is 8.55. The Hall–Kier alpha value is -3.68. The average Bonchev–Trinajstić information content (AvgIpc) is 2.67. The van der Waals surface area contributed by atoms with E-state index < -0.39 is 36.1 Å². The zero-order chi connectivity index (χ0) is 20.3. The number of carbonyl (C=O) groups excluding carboxylic acids is 4. The lowest BCUT2D eigenvalue weighted by atomic mass is 9.93. The number of nitrogens with one attached hydrogen (secondary N) is 1. The molecule has 8 heteroatoms. The lowest BCUT2D eigenvalue weighted by molar-refractivity contribution is -0.127. The molecular formula is C20H18N2O6. The van der Waals surface area contributed by atoms with Gasteiger partial charge in [-0.1, -0.05) is 30.3 Å². The summed E-state index contributed by atoms with van der Waals surface area (Å²) >= 11 is 0. The minimum atomic E-state index is -1.21. The van der Waals surface area contributed by atoms with Crippen LogP contribution in [0.25, 0.3) is 0 Å². The molecule has 0 aromatic heterocycles. The lowest BCUT2D eigenvalue weighted by Crippen LogP contribution is -2.42. The molecule has 144 valence electrons. The molecule has 0 spiro atoms. The molecule has 0 aliphatic carbocycles. The number of nitrogens with two attached hydrogens (primary N) is 1. The Labute approximate surface area is 160 Å². The van der Waals surface area contributed by atoms with Gasteiger partial charge in [0.25, 0.3) is 5.91 Å². The van der Waals surface area contributed by atoms with Gasteiger partial charge in [-0.2, -0.15) is 0 Å². The van der Waals surface area contributed by atoms with Crippen molar-refractivity contribution in [3.8, 4) is 0 Å². The van der Waals surface area contributed by atoms with E-state index >= 15 is 0 Å². The van der Waals surface area contributed by atoms with Crippen molar-refractivity contribution in [2.75, 3.05) is 0 Å². The number of imide groups is 1. The molecule has 1 aliphatic rings. The van der Waals surface area contributed by atoms with Crippen LogP contribution in [0.5, 0.6) is 0 Å². The molecule has 0 bridgehead atoms. The Kier molecular flexibility index (Phi) is 5.39. The number of urea groups is 1. The molecule has 1 heterocycles. The number of primary amides is 1. The number of hydrogen-bond acceptors (Lipinski definition) is 6. The average molecular weight is 382 g/mol. The summed E-state index contributed by atoms with van der Waals surface area (Å²) in [4.78, 5) is 47.0. The van der Waals surface area contributed by atoms with Crippen molar-refractivity contribution < 1.29 is 28.7 Å². The van der Waals surface area contributed by atoms with Gasteiger partial charge in [0.05, 0.1) is 11.1 Å². The molecule has 0 radical (unpaired) electrons. The first kappa shape index (κ1) is 19.1. The molecule has 3 rings (SSSR count). The molecule has 8 nitrogen and oxygen atoms in total. The number of fused-ring (bicyclic) bond motifs is 1. The summed E-state index contributed by atoms with van der Waals surface area (Å²) in [6.45, 7) is 1.32. The van der Waals surface area contributed by atoms with Crippen LogP contribution in [0.15, 0.2) is 48.5 Å². The second-order valence-corrected chi connectivity index (χ2v) is 6.28. The van der Waals surface area contributed by atoms with Crippen molar-refractivity contribution in [1.82, 2.24) is 5.32 Å². The van der Waals surface area contributed by atoms with Crippen LogP contribution in [-0.2, 0) is 20.7 Å². The summed E-state index contributed by atoms with van der Waals surface area (Å²) in [6, 6.07) is 12.7. The van der Waals surface area contributed by atoms with E-state index in [0.717, 1.165) is 5.56 Å². The van der Waals surface area contributed by atoms with Crippen LogP contribution in [0, 0.1) is 0 Å². The molecule has 3 N–H and O–H groups in total. The van der Waals surface area contributed by atoms with Crippen LogP contribution >= 0.6 is 0 Å². The number of hydrogen-bond donors (Lipinski definition) is 2. The fraction of sp³-hybridized carbons (Fsp3) is 0.200. The van der Waals surface area contributed by atoms with Crippen LogP contribution < -0.4 is 11.1 Å². The Morgan fingerprint density at radius 1 is 1.18 bits per heavy atom. The van der Waals surface area contributed by atoms with E-state index in [1.165, 1.54) is 19.1 Å². The quantitative estimate of drug-likeness (QED) is 0.778. The topological polar surface area (TPSA) is 125 Å². The zero-order valence-corrected chi connectivity index (χ0v) is 15.0. The predicted molar refractivity (Wildman–Crippen MR) is 97.3 cm³/mol. The van der Waals surface area contributed by atoms with Gasteiger partial charge in [0.15, 0.2) is 6.10 Å². The molecule has 0 saturated carbocycles. The number of esters is 2. The summed E-state index contributed by atoms with van der Waals surface area (Å²) in [7, 11) is 0. The van der Waals surface area contributed by atoms with Gasteiger partial charge in [-0.05, 0) is 36.2 Å². The smallest absolute Gasteiger partial charge is 0.339 e. The number of cyclic esters (lactones) is 1. The lowest BCUT2D eigenvalue weighted by Gasteiger charge is -2.25. The van der Waals surface area contributed by atoms with Crippen LogP contribution in [0.2, 0.25) is 0 Å².